The largest absolute Gasteiger partial charge is 0.326 e. The lowest BCUT2D eigenvalue weighted by molar-refractivity contribution is -0.116. The van der Waals surface area contributed by atoms with Crippen molar-refractivity contribution in [2.75, 3.05) is 11.2 Å². The second-order valence-corrected chi connectivity index (χ2v) is 4.27. The van der Waals surface area contributed by atoms with E-state index in [1.807, 2.05) is 0 Å². The molecular formula is C11H9Cl2NO2. The lowest BCUT2D eigenvalue weighted by atomic mass is 9.99. The molecule has 1 amide bonds. The van der Waals surface area contributed by atoms with Gasteiger partial charge in [0.05, 0.1) is 10.9 Å². The summed E-state index contributed by atoms with van der Waals surface area (Å²) in [6.45, 7) is 0. The van der Waals surface area contributed by atoms with Gasteiger partial charge in [-0.05, 0) is 24.1 Å². The van der Waals surface area contributed by atoms with Crippen LogP contribution in [0.1, 0.15) is 22.3 Å². The van der Waals surface area contributed by atoms with Gasteiger partial charge in [0.25, 0.3) is 0 Å². The number of carbonyl (C=O) groups excluding carboxylic acids is 2. The van der Waals surface area contributed by atoms with E-state index in [-0.39, 0.29) is 17.6 Å². The van der Waals surface area contributed by atoms with Gasteiger partial charge in [-0.1, -0.05) is 11.6 Å². The van der Waals surface area contributed by atoms with Crippen LogP contribution in [0.15, 0.2) is 12.1 Å². The molecule has 0 aliphatic carbocycles. The highest BCUT2D eigenvalue weighted by molar-refractivity contribution is 6.37. The summed E-state index contributed by atoms with van der Waals surface area (Å²) < 4.78 is 0. The van der Waals surface area contributed by atoms with Crippen molar-refractivity contribution in [3.05, 3.63) is 28.3 Å². The fraction of sp³-hybridized carbons (Fsp3) is 0.273. The average molecular weight is 258 g/mol. The molecule has 0 radical (unpaired) electrons. The normalized spacial score (nSPS) is 14.2. The molecule has 1 heterocycles. The molecule has 5 heteroatoms. The molecular weight excluding hydrogens is 249 g/mol. The molecule has 0 unspecified atom stereocenters. The molecule has 1 aromatic carbocycles. The van der Waals surface area contributed by atoms with Crippen LogP contribution in [0, 0.1) is 0 Å². The molecule has 1 N–H and O–H groups in total. The Hall–Kier alpha value is -1.06. The van der Waals surface area contributed by atoms with Crippen LogP contribution in [0.5, 0.6) is 0 Å². The Balaban J connectivity index is 2.45. The van der Waals surface area contributed by atoms with E-state index in [1.54, 1.807) is 12.1 Å². The monoisotopic (exact) mass is 257 g/mol. The van der Waals surface area contributed by atoms with Gasteiger partial charge in [0.1, 0.15) is 0 Å². The van der Waals surface area contributed by atoms with Gasteiger partial charge in [0.2, 0.25) is 5.91 Å². The first-order valence-corrected chi connectivity index (χ1v) is 5.74. The number of ketones is 1. The summed E-state index contributed by atoms with van der Waals surface area (Å²) in [5.41, 5.74) is 2.04. The SMILES string of the molecule is O=C1CCc2cc(C(=O)CCl)c(Cl)cc2N1. The summed E-state index contributed by atoms with van der Waals surface area (Å²) >= 11 is 11.4. The number of hydrogen-bond acceptors (Lipinski definition) is 2. The zero-order valence-electron chi connectivity index (χ0n) is 8.35. The maximum atomic E-state index is 11.5. The van der Waals surface area contributed by atoms with Crippen LogP contribution in [-0.4, -0.2) is 17.6 Å². The van der Waals surface area contributed by atoms with Crippen LogP contribution < -0.4 is 5.32 Å². The summed E-state index contributed by atoms with van der Waals surface area (Å²) in [7, 11) is 0. The van der Waals surface area contributed by atoms with Gasteiger partial charge >= 0.3 is 0 Å². The van der Waals surface area contributed by atoms with E-state index in [9.17, 15) is 9.59 Å². The molecule has 1 aliphatic rings. The van der Waals surface area contributed by atoms with Crippen LogP contribution in [0.25, 0.3) is 0 Å². The summed E-state index contributed by atoms with van der Waals surface area (Å²) in [5.74, 6) is -0.323. The lowest BCUT2D eigenvalue weighted by Gasteiger charge is -2.18. The van der Waals surface area contributed by atoms with E-state index in [0.29, 0.717) is 29.1 Å². The third-order valence-electron chi connectivity index (χ3n) is 2.51. The number of fused-ring (bicyclic) bond motifs is 1. The number of Topliss-reactive ketones (excluding diaryl/α,β-unsaturated/α-hetero) is 1. The van der Waals surface area contributed by atoms with Crippen molar-refractivity contribution in [3.8, 4) is 0 Å². The molecule has 0 aromatic heterocycles. The third-order valence-corrected chi connectivity index (χ3v) is 3.07. The average Bonchev–Trinajstić information content (AvgIpc) is 2.27. The van der Waals surface area contributed by atoms with Crippen LogP contribution >= 0.6 is 23.2 Å². The summed E-state index contributed by atoms with van der Waals surface area (Å²) in [5, 5.41) is 3.04. The Morgan fingerprint density at radius 3 is 2.81 bits per heavy atom. The Kier molecular flexibility index (Phi) is 3.17. The van der Waals surface area contributed by atoms with Crippen molar-refractivity contribution in [1.82, 2.24) is 0 Å². The quantitative estimate of drug-likeness (QED) is 0.654. The number of anilines is 1. The van der Waals surface area contributed by atoms with Crippen molar-refractivity contribution in [3.63, 3.8) is 0 Å². The van der Waals surface area contributed by atoms with E-state index < -0.39 is 0 Å². The first-order valence-electron chi connectivity index (χ1n) is 4.83. The molecule has 16 heavy (non-hydrogen) atoms. The number of aryl methyl sites for hydroxylation is 1. The van der Waals surface area contributed by atoms with E-state index in [1.165, 1.54) is 0 Å². The molecule has 0 fully saturated rings. The molecule has 3 nitrogen and oxygen atoms in total. The Morgan fingerprint density at radius 1 is 1.38 bits per heavy atom. The maximum Gasteiger partial charge on any atom is 0.224 e. The standard InChI is InChI=1S/C11H9Cl2NO2/c12-5-10(15)7-3-6-1-2-11(16)14-9(6)4-8(7)13/h3-4H,1-2,5H2,(H,14,16). The van der Waals surface area contributed by atoms with Gasteiger partial charge in [-0.25, -0.2) is 0 Å². The van der Waals surface area contributed by atoms with Crippen molar-refractivity contribution in [2.24, 2.45) is 0 Å². The van der Waals surface area contributed by atoms with Crippen molar-refractivity contribution in [1.29, 1.82) is 0 Å². The lowest BCUT2D eigenvalue weighted by Crippen LogP contribution is -2.19. The van der Waals surface area contributed by atoms with Crippen molar-refractivity contribution < 1.29 is 9.59 Å². The Labute approximate surface area is 103 Å². The van der Waals surface area contributed by atoms with Crippen LogP contribution in [0.3, 0.4) is 0 Å². The number of carbonyl (C=O) groups is 2. The minimum atomic E-state index is -0.202. The first kappa shape index (κ1) is 11.4. The van der Waals surface area contributed by atoms with Gasteiger partial charge in [0, 0.05) is 17.7 Å². The van der Waals surface area contributed by atoms with E-state index in [0.717, 1.165) is 5.56 Å². The van der Waals surface area contributed by atoms with Gasteiger partial charge < -0.3 is 5.32 Å². The summed E-state index contributed by atoms with van der Waals surface area (Å²) in [6, 6.07) is 3.32. The summed E-state index contributed by atoms with van der Waals surface area (Å²) in [4.78, 5) is 22.7. The number of benzene rings is 1. The topological polar surface area (TPSA) is 46.2 Å². The number of nitrogens with one attached hydrogen (secondary N) is 1. The molecule has 0 saturated heterocycles. The molecule has 0 atom stereocenters. The first-order chi connectivity index (χ1) is 7.61. The van der Waals surface area contributed by atoms with Gasteiger partial charge in [-0.2, -0.15) is 0 Å². The fourth-order valence-electron chi connectivity index (χ4n) is 1.69. The maximum absolute atomic E-state index is 11.5. The minimum absolute atomic E-state index is 0.0278. The minimum Gasteiger partial charge on any atom is -0.326 e. The van der Waals surface area contributed by atoms with Crippen molar-refractivity contribution >= 4 is 40.6 Å². The Bertz CT molecular complexity index is 471. The van der Waals surface area contributed by atoms with Gasteiger partial charge in [0.15, 0.2) is 5.78 Å². The molecule has 1 aliphatic heterocycles. The highest BCUT2D eigenvalue weighted by Gasteiger charge is 2.19. The van der Waals surface area contributed by atoms with Crippen molar-refractivity contribution in [2.45, 2.75) is 12.8 Å². The van der Waals surface area contributed by atoms with E-state index in [4.69, 9.17) is 23.2 Å². The molecule has 84 valence electrons. The third kappa shape index (κ3) is 2.06. The van der Waals surface area contributed by atoms with Gasteiger partial charge in [-0.3, -0.25) is 9.59 Å². The molecule has 0 bridgehead atoms. The van der Waals surface area contributed by atoms with Crippen LogP contribution in [-0.2, 0) is 11.2 Å². The van der Waals surface area contributed by atoms with Crippen LogP contribution in [0.2, 0.25) is 5.02 Å². The number of rotatable bonds is 2. The fourth-order valence-corrected chi connectivity index (χ4v) is 2.10. The number of amides is 1. The molecule has 0 spiro atoms. The van der Waals surface area contributed by atoms with E-state index in [2.05, 4.69) is 5.32 Å². The zero-order chi connectivity index (χ0) is 11.7. The predicted molar refractivity (Wildman–Crippen MR) is 63.5 cm³/mol. The highest BCUT2D eigenvalue weighted by atomic mass is 35.5. The zero-order valence-corrected chi connectivity index (χ0v) is 9.86. The summed E-state index contributed by atoms with van der Waals surface area (Å²) in [6.07, 6.45) is 1.06. The molecule has 0 saturated carbocycles. The molecule has 2 rings (SSSR count). The smallest absolute Gasteiger partial charge is 0.224 e. The van der Waals surface area contributed by atoms with Crippen LogP contribution in [0.4, 0.5) is 5.69 Å². The highest BCUT2D eigenvalue weighted by Crippen LogP contribution is 2.29. The number of hydrogen-bond donors (Lipinski definition) is 1. The second kappa shape index (κ2) is 4.44. The van der Waals surface area contributed by atoms with Gasteiger partial charge in [-0.15, -0.1) is 11.6 Å². The molecule has 1 aromatic rings. The Morgan fingerprint density at radius 2 is 2.12 bits per heavy atom. The van der Waals surface area contributed by atoms with E-state index >= 15 is 0 Å². The second-order valence-electron chi connectivity index (χ2n) is 3.59. The predicted octanol–water partition coefficient (Wildman–Crippen LogP) is 2.65. The number of alkyl halides is 1. The number of halogens is 2.